The Morgan fingerprint density at radius 3 is 3.19 bits per heavy atom. The maximum Gasteiger partial charge on any atom is 0.268 e. The van der Waals surface area contributed by atoms with Gasteiger partial charge in [0.05, 0.1) is 10.9 Å². The first-order chi connectivity index (χ1) is 7.93. The molecular weight excluding hydrogens is 222 g/mol. The van der Waals surface area contributed by atoms with Gasteiger partial charge in [-0.3, -0.25) is 0 Å². The van der Waals surface area contributed by atoms with Crippen molar-refractivity contribution in [2.24, 2.45) is 0 Å². The largest absolute Gasteiger partial charge is 0.333 e. The Hall–Kier alpha value is -1.20. The lowest BCUT2D eigenvalue weighted by Crippen LogP contribution is -2.27. The van der Waals surface area contributed by atoms with Crippen LogP contribution in [-0.4, -0.2) is 16.7 Å². The molecule has 0 amide bonds. The summed E-state index contributed by atoms with van der Waals surface area (Å²) in [6, 6.07) is 4.25. The Labute approximate surface area is 97.7 Å². The predicted octanol–water partition coefficient (Wildman–Crippen LogP) is 2.61. The molecule has 0 radical (unpaired) electrons. The number of nitrogens with zero attached hydrogens (tertiary/aromatic N) is 2. The summed E-state index contributed by atoms with van der Waals surface area (Å²) in [5.74, 6) is 1.43. The van der Waals surface area contributed by atoms with Crippen molar-refractivity contribution in [3.8, 4) is 10.8 Å². The number of piperidine rings is 1. The summed E-state index contributed by atoms with van der Waals surface area (Å²) >= 11 is 1.62. The van der Waals surface area contributed by atoms with Gasteiger partial charge in [-0.1, -0.05) is 17.6 Å². The lowest BCUT2D eigenvalue weighted by atomic mass is 10.0. The summed E-state index contributed by atoms with van der Waals surface area (Å²) in [6.45, 7) is 1.05. The molecule has 2 aromatic rings. The standard InChI is InChI=1S/C11H13N3OS/c1-2-6-12-8(4-1)10-13-11(15-14-10)9-5-3-7-16-9/h3,5,7-8,12H,1-2,4,6H2. The fourth-order valence-electron chi connectivity index (χ4n) is 1.95. The lowest BCUT2D eigenvalue weighted by molar-refractivity contribution is 0.367. The van der Waals surface area contributed by atoms with Gasteiger partial charge in [0.2, 0.25) is 0 Å². The fourth-order valence-corrected chi connectivity index (χ4v) is 2.59. The van der Waals surface area contributed by atoms with Gasteiger partial charge >= 0.3 is 0 Å². The Bertz CT molecular complexity index is 446. The summed E-state index contributed by atoms with van der Waals surface area (Å²) in [7, 11) is 0. The van der Waals surface area contributed by atoms with E-state index in [2.05, 4.69) is 15.5 Å². The van der Waals surface area contributed by atoms with Crippen LogP contribution in [0.3, 0.4) is 0 Å². The minimum atomic E-state index is 0.270. The molecule has 84 valence electrons. The van der Waals surface area contributed by atoms with Crippen LogP contribution in [0.15, 0.2) is 22.0 Å². The number of aromatic nitrogens is 2. The molecule has 2 aromatic heterocycles. The zero-order valence-electron chi connectivity index (χ0n) is 8.85. The van der Waals surface area contributed by atoms with Crippen molar-refractivity contribution in [3.05, 3.63) is 23.3 Å². The first-order valence-corrected chi connectivity index (χ1v) is 6.42. The molecule has 4 nitrogen and oxygen atoms in total. The molecule has 0 spiro atoms. The molecule has 16 heavy (non-hydrogen) atoms. The second kappa shape index (κ2) is 4.35. The molecule has 0 saturated carbocycles. The highest BCUT2D eigenvalue weighted by atomic mass is 32.1. The van der Waals surface area contributed by atoms with Gasteiger partial charge in [-0.05, 0) is 30.8 Å². The van der Waals surface area contributed by atoms with Gasteiger partial charge in [0.25, 0.3) is 5.89 Å². The molecule has 5 heteroatoms. The van der Waals surface area contributed by atoms with Crippen LogP contribution in [0.25, 0.3) is 10.8 Å². The third-order valence-electron chi connectivity index (χ3n) is 2.80. The number of thiophene rings is 1. The van der Waals surface area contributed by atoms with Crippen LogP contribution in [0.1, 0.15) is 31.1 Å². The summed E-state index contributed by atoms with van der Waals surface area (Å²) in [5.41, 5.74) is 0. The second-order valence-corrected chi connectivity index (χ2v) is 4.89. The van der Waals surface area contributed by atoms with E-state index in [1.54, 1.807) is 11.3 Å². The summed E-state index contributed by atoms with van der Waals surface area (Å²) < 4.78 is 5.27. The van der Waals surface area contributed by atoms with E-state index in [4.69, 9.17) is 4.52 Å². The van der Waals surface area contributed by atoms with Gasteiger partial charge in [0, 0.05) is 0 Å². The van der Waals surface area contributed by atoms with E-state index < -0.39 is 0 Å². The van der Waals surface area contributed by atoms with Crippen LogP contribution in [-0.2, 0) is 0 Å². The van der Waals surface area contributed by atoms with E-state index >= 15 is 0 Å². The van der Waals surface area contributed by atoms with Crippen molar-refractivity contribution in [1.29, 1.82) is 0 Å². The number of rotatable bonds is 2. The maximum atomic E-state index is 5.27. The second-order valence-electron chi connectivity index (χ2n) is 3.94. The van der Waals surface area contributed by atoms with E-state index in [1.165, 1.54) is 12.8 Å². The van der Waals surface area contributed by atoms with Crippen LogP contribution in [0, 0.1) is 0 Å². The summed E-state index contributed by atoms with van der Waals surface area (Å²) in [5, 5.41) is 9.48. The molecule has 3 rings (SSSR count). The first-order valence-electron chi connectivity index (χ1n) is 5.54. The summed E-state index contributed by atoms with van der Waals surface area (Å²) in [6.07, 6.45) is 3.58. The van der Waals surface area contributed by atoms with Crippen molar-refractivity contribution in [2.75, 3.05) is 6.54 Å². The molecule has 3 heterocycles. The Balaban J connectivity index is 1.82. The number of hydrogen-bond acceptors (Lipinski definition) is 5. The van der Waals surface area contributed by atoms with E-state index in [0.29, 0.717) is 5.89 Å². The number of nitrogens with one attached hydrogen (secondary N) is 1. The monoisotopic (exact) mass is 235 g/mol. The maximum absolute atomic E-state index is 5.27. The zero-order chi connectivity index (χ0) is 10.8. The highest BCUT2D eigenvalue weighted by molar-refractivity contribution is 7.13. The molecule has 1 aliphatic heterocycles. The van der Waals surface area contributed by atoms with Gasteiger partial charge in [0.1, 0.15) is 0 Å². The van der Waals surface area contributed by atoms with Crippen LogP contribution >= 0.6 is 11.3 Å². The SMILES string of the molecule is c1csc(-c2nc(C3CCCCN3)no2)c1. The lowest BCUT2D eigenvalue weighted by Gasteiger charge is -2.19. The minimum absolute atomic E-state index is 0.270. The predicted molar refractivity (Wildman–Crippen MR) is 62.2 cm³/mol. The molecule has 1 saturated heterocycles. The van der Waals surface area contributed by atoms with Gasteiger partial charge < -0.3 is 9.84 Å². The molecule has 1 unspecified atom stereocenters. The Kier molecular flexibility index (Phi) is 2.71. The highest BCUT2D eigenvalue weighted by Gasteiger charge is 2.20. The van der Waals surface area contributed by atoms with E-state index in [0.717, 1.165) is 23.7 Å². The molecule has 1 fully saturated rings. The smallest absolute Gasteiger partial charge is 0.268 e. The number of hydrogen-bond donors (Lipinski definition) is 1. The minimum Gasteiger partial charge on any atom is -0.333 e. The topological polar surface area (TPSA) is 51.0 Å². The molecule has 0 aliphatic carbocycles. The molecular formula is C11H13N3OS. The average Bonchev–Trinajstić information content (AvgIpc) is 3.01. The average molecular weight is 235 g/mol. The van der Waals surface area contributed by atoms with Gasteiger partial charge in [-0.15, -0.1) is 11.3 Å². The van der Waals surface area contributed by atoms with Crippen molar-refractivity contribution in [3.63, 3.8) is 0 Å². The van der Waals surface area contributed by atoms with E-state index in [1.807, 2.05) is 17.5 Å². The zero-order valence-corrected chi connectivity index (χ0v) is 9.67. The molecule has 0 bridgehead atoms. The molecule has 1 atom stereocenters. The fraction of sp³-hybridized carbons (Fsp3) is 0.455. The Morgan fingerprint density at radius 1 is 1.44 bits per heavy atom. The molecule has 1 N–H and O–H groups in total. The highest BCUT2D eigenvalue weighted by Crippen LogP contribution is 2.26. The van der Waals surface area contributed by atoms with Gasteiger partial charge in [0.15, 0.2) is 5.82 Å². The Morgan fingerprint density at radius 2 is 2.44 bits per heavy atom. The van der Waals surface area contributed by atoms with Gasteiger partial charge in [-0.25, -0.2) is 0 Å². The van der Waals surface area contributed by atoms with Gasteiger partial charge in [-0.2, -0.15) is 4.98 Å². The van der Waals surface area contributed by atoms with Crippen LogP contribution in [0.5, 0.6) is 0 Å². The quantitative estimate of drug-likeness (QED) is 0.869. The van der Waals surface area contributed by atoms with Crippen molar-refractivity contribution >= 4 is 11.3 Å². The first kappa shape index (κ1) is 9.99. The van der Waals surface area contributed by atoms with E-state index in [-0.39, 0.29) is 6.04 Å². The van der Waals surface area contributed by atoms with Crippen molar-refractivity contribution < 1.29 is 4.52 Å². The molecule has 1 aliphatic rings. The van der Waals surface area contributed by atoms with Crippen LogP contribution < -0.4 is 5.32 Å². The van der Waals surface area contributed by atoms with Crippen LogP contribution in [0.2, 0.25) is 0 Å². The normalized spacial score (nSPS) is 21.1. The third kappa shape index (κ3) is 1.88. The third-order valence-corrected chi connectivity index (χ3v) is 3.65. The molecule has 0 aromatic carbocycles. The van der Waals surface area contributed by atoms with Crippen molar-refractivity contribution in [2.45, 2.75) is 25.3 Å². The van der Waals surface area contributed by atoms with Crippen molar-refractivity contribution in [1.82, 2.24) is 15.5 Å². The van der Waals surface area contributed by atoms with E-state index in [9.17, 15) is 0 Å². The summed E-state index contributed by atoms with van der Waals surface area (Å²) in [4.78, 5) is 5.48. The van der Waals surface area contributed by atoms with Crippen LogP contribution in [0.4, 0.5) is 0 Å².